The van der Waals surface area contributed by atoms with E-state index in [1.165, 1.54) is 22.4 Å². The zero-order chi connectivity index (χ0) is 30.4. The van der Waals surface area contributed by atoms with Crippen LogP contribution in [0.1, 0.15) is 81.7 Å². The summed E-state index contributed by atoms with van der Waals surface area (Å²) in [6.45, 7) is 17.9. The van der Waals surface area contributed by atoms with Crippen molar-refractivity contribution in [1.29, 1.82) is 0 Å². The van der Waals surface area contributed by atoms with Gasteiger partial charge in [-0.05, 0) is 65.6 Å². The Balaban J connectivity index is 0.00000384. The molecule has 1 N–H and O–H groups in total. The van der Waals surface area contributed by atoms with Gasteiger partial charge in [0.05, 0.1) is 0 Å². The van der Waals surface area contributed by atoms with Gasteiger partial charge in [0.1, 0.15) is 11.4 Å². The summed E-state index contributed by atoms with van der Waals surface area (Å²) >= 11 is 0. The number of phenolic OH excluding ortho intramolecular Hbond substituents is 1. The SMILES string of the molecule is Cc1cc(-c2[c-]c(N3[CH-]N(c4c(C(C)C)cc(C(C)C)cc4C(C)C)c4ccccc43)ccc2)nn1-c1ccccc1O.[Pt+2]. The number of phenols is 1. The summed E-state index contributed by atoms with van der Waals surface area (Å²) in [6, 6.07) is 32.6. The normalized spacial score (nSPS) is 12.8. The number of anilines is 4. The van der Waals surface area contributed by atoms with Crippen LogP contribution in [0.2, 0.25) is 0 Å². The number of aromatic hydroxyl groups is 1. The standard InChI is InChI=1S/C38H40N4O.Pt/c1-24(2)29-21-31(25(3)4)38(32(22-29)26(5)6)41-23-40(34-15-8-9-16-35(34)41)30-14-12-13-28(20-30)33-19-27(7)42(39-33)36-17-10-11-18-37(36)43;/h8-19,21-26,43H,1-7H3;/q-2;+2. The average Bonchev–Trinajstić information content (AvgIpc) is 3.57. The molecule has 0 bridgehead atoms. The molecule has 4 aromatic carbocycles. The maximum absolute atomic E-state index is 10.4. The second kappa shape index (κ2) is 12.7. The van der Waals surface area contributed by atoms with Gasteiger partial charge in [-0.15, -0.1) is 36.5 Å². The maximum atomic E-state index is 10.4. The van der Waals surface area contributed by atoms with Gasteiger partial charge < -0.3 is 14.9 Å². The van der Waals surface area contributed by atoms with Gasteiger partial charge in [-0.3, -0.25) is 0 Å². The average molecular weight is 764 g/mol. The topological polar surface area (TPSA) is 44.5 Å². The van der Waals surface area contributed by atoms with Crippen LogP contribution in [0.15, 0.2) is 84.9 Å². The van der Waals surface area contributed by atoms with Crippen LogP contribution in [-0.2, 0) is 21.1 Å². The molecule has 44 heavy (non-hydrogen) atoms. The minimum absolute atomic E-state index is 0. The monoisotopic (exact) mass is 763 g/mol. The van der Waals surface area contributed by atoms with Crippen LogP contribution < -0.4 is 9.80 Å². The molecule has 228 valence electrons. The van der Waals surface area contributed by atoms with Gasteiger partial charge in [-0.1, -0.05) is 89.7 Å². The van der Waals surface area contributed by atoms with Crippen molar-refractivity contribution in [1.82, 2.24) is 9.78 Å². The van der Waals surface area contributed by atoms with Crippen LogP contribution >= 0.6 is 0 Å². The van der Waals surface area contributed by atoms with Gasteiger partial charge in [-0.25, -0.2) is 9.78 Å². The molecule has 5 nitrogen and oxygen atoms in total. The largest absolute Gasteiger partial charge is 2.00 e. The van der Waals surface area contributed by atoms with Gasteiger partial charge in [0.25, 0.3) is 0 Å². The van der Waals surface area contributed by atoms with Crippen molar-refractivity contribution in [2.24, 2.45) is 0 Å². The number of fused-ring (bicyclic) bond motifs is 1. The van der Waals surface area contributed by atoms with Gasteiger partial charge in [0.2, 0.25) is 0 Å². The van der Waals surface area contributed by atoms with Crippen LogP contribution in [0.5, 0.6) is 5.75 Å². The fourth-order valence-corrected chi connectivity index (χ4v) is 5.92. The Hall–Kier alpha value is -3.82. The van der Waals surface area contributed by atoms with Crippen LogP contribution in [0, 0.1) is 19.7 Å². The van der Waals surface area contributed by atoms with E-state index in [-0.39, 0.29) is 26.8 Å². The Morgan fingerprint density at radius 3 is 1.89 bits per heavy atom. The van der Waals surface area contributed by atoms with E-state index < -0.39 is 0 Å². The van der Waals surface area contributed by atoms with Crippen molar-refractivity contribution in [3.63, 3.8) is 0 Å². The van der Waals surface area contributed by atoms with E-state index in [1.54, 1.807) is 10.7 Å². The van der Waals surface area contributed by atoms with Crippen LogP contribution in [-0.4, -0.2) is 14.9 Å². The van der Waals surface area contributed by atoms with E-state index in [2.05, 4.69) is 113 Å². The first-order chi connectivity index (χ1) is 20.6. The zero-order valence-electron chi connectivity index (χ0n) is 26.4. The molecule has 1 aromatic heterocycles. The van der Waals surface area contributed by atoms with Gasteiger partial charge in [0, 0.05) is 28.5 Å². The van der Waals surface area contributed by atoms with Crippen molar-refractivity contribution in [3.8, 4) is 22.7 Å². The maximum Gasteiger partial charge on any atom is 2.00 e. The number of aryl methyl sites for hydroxylation is 1. The molecule has 1 aliphatic rings. The number of aromatic nitrogens is 2. The smallest absolute Gasteiger partial charge is 0.506 e. The second-order valence-electron chi connectivity index (χ2n) is 12.4. The first-order valence-electron chi connectivity index (χ1n) is 15.2. The molecule has 0 aliphatic carbocycles. The van der Waals surface area contributed by atoms with Crippen molar-refractivity contribution in [2.75, 3.05) is 9.80 Å². The number of para-hydroxylation sites is 4. The fraction of sp³-hybridized carbons (Fsp3) is 0.263. The predicted molar refractivity (Wildman–Crippen MR) is 178 cm³/mol. The number of rotatable bonds is 7. The molecule has 0 unspecified atom stereocenters. The summed E-state index contributed by atoms with van der Waals surface area (Å²) in [5.74, 6) is 1.41. The zero-order valence-corrected chi connectivity index (χ0v) is 28.7. The molecule has 5 aromatic rings. The molecule has 0 radical (unpaired) electrons. The van der Waals surface area contributed by atoms with E-state index in [0.717, 1.165) is 34.0 Å². The predicted octanol–water partition coefficient (Wildman–Crippen LogP) is 10.1. The third-order valence-electron chi connectivity index (χ3n) is 8.29. The third-order valence-corrected chi connectivity index (χ3v) is 8.29. The van der Waals surface area contributed by atoms with Crippen molar-refractivity contribution < 1.29 is 26.2 Å². The molecular weight excluding hydrogens is 724 g/mol. The Kier molecular flexibility index (Phi) is 9.09. The van der Waals surface area contributed by atoms with E-state index in [9.17, 15) is 5.11 Å². The molecule has 6 rings (SSSR count). The molecule has 0 saturated heterocycles. The van der Waals surface area contributed by atoms with Gasteiger partial charge in [-0.2, -0.15) is 0 Å². The molecule has 0 saturated carbocycles. The molecular formula is C38H40N4OPt. The Morgan fingerprint density at radius 2 is 1.30 bits per heavy atom. The number of benzene rings is 4. The Labute approximate surface area is 276 Å². The fourth-order valence-electron chi connectivity index (χ4n) is 5.92. The van der Waals surface area contributed by atoms with Crippen molar-refractivity contribution in [3.05, 3.63) is 120 Å². The summed E-state index contributed by atoms with van der Waals surface area (Å²) < 4.78 is 1.78. The summed E-state index contributed by atoms with van der Waals surface area (Å²) in [6.07, 6.45) is 0. The first kappa shape index (κ1) is 31.6. The van der Waals surface area contributed by atoms with Gasteiger partial charge in [0.15, 0.2) is 0 Å². The molecule has 1 aliphatic heterocycles. The van der Waals surface area contributed by atoms with Gasteiger partial charge >= 0.3 is 21.1 Å². The molecule has 0 fully saturated rings. The van der Waals surface area contributed by atoms with Crippen molar-refractivity contribution in [2.45, 2.75) is 66.2 Å². The number of hydrogen-bond acceptors (Lipinski definition) is 4. The molecule has 2 heterocycles. The number of hydrogen-bond donors (Lipinski definition) is 1. The first-order valence-corrected chi connectivity index (χ1v) is 15.2. The minimum Gasteiger partial charge on any atom is -0.506 e. The number of nitrogens with zero attached hydrogens (tertiary/aromatic N) is 4. The minimum atomic E-state index is 0. The summed E-state index contributed by atoms with van der Waals surface area (Å²) in [7, 11) is 0. The quantitative estimate of drug-likeness (QED) is 0.168. The van der Waals surface area contributed by atoms with Crippen LogP contribution in [0.25, 0.3) is 16.9 Å². The van der Waals surface area contributed by atoms with E-state index in [0.29, 0.717) is 23.4 Å². The molecule has 6 heteroatoms. The van der Waals surface area contributed by atoms with E-state index >= 15 is 0 Å². The van der Waals surface area contributed by atoms with E-state index in [1.807, 2.05) is 37.3 Å². The van der Waals surface area contributed by atoms with Crippen molar-refractivity contribution >= 4 is 22.7 Å². The summed E-state index contributed by atoms with van der Waals surface area (Å²) in [4.78, 5) is 4.61. The van der Waals surface area contributed by atoms with Crippen LogP contribution in [0.4, 0.5) is 22.7 Å². The second-order valence-corrected chi connectivity index (χ2v) is 12.4. The molecule has 0 amide bonds. The Bertz CT molecular complexity index is 1760. The Morgan fingerprint density at radius 1 is 0.705 bits per heavy atom. The summed E-state index contributed by atoms with van der Waals surface area (Å²) in [5, 5.41) is 15.3. The summed E-state index contributed by atoms with van der Waals surface area (Å²) in [5.41, 5.74) is 11.9. The molecule has 0 atom stereocenters. The van der Waals surface area contributed by atoms with Crippen LogP contribution in [0.3, 0.4) is 0 Å². The van der Waals surface area contributed by atoms with E-state index in [4.69, 9.17) is 5.10 Å². The molecule has 0 spiro atoms. The third kappa shape index (κ3) is 5.70.